The summed E-state index contributed by atoms with van der Waals surface area (Å²) in [6, 6.07) is 8.53. The van der Waals surface area contributed by atoms with Crippen LogP contribution in [-0.2, 0) is 0 Å². The van der Waals surface area contributed by atoms with Gasteiger partial charge in [-0.3, -0.25) is 0 Å². The molecule has 13 heavy (non-hydrogen) atoms. The average molecular weight is 175 g/mol. The van der Waals surface area contributed by atoms with Crippen molar-refractivity contribution in [2.45, 2.75) is 0 Å². The molecule has 5 nitrogen and oxygen atoms in total. The minimum atomic E-state index is -0.556. The molecule has 1 heterocycles. The lowest BCUT2D eigenvalue weighted by Crippen LogP contribution is -1.94. The molecule has 0 aliphatic heterocycles. The molecular weight excluding hydrogens is 170 g/mol. The van der Waals surface area contributed by atoms with E-state index in [1.54, 1.807) is 18.2 Å². The molecule has 0 fully saturated rings. The minimum absolute atomic E-state index is 0.223. The van der Waals surface area contributed by atoms with Gasteiger partial charge in [-0.1, -0.05) is 18.2 Å². The summed E-state index contributed by atoms with van der Waals surface area (Å²) in [6.07, 6.45) is 0. The zero-order valence-corrected chi connectivity index (χ0v) is 6.54. The van der Waals surface area contributed by atoms with Gasteiger partial charge in [0, 0.05) is 11.5 Å². The monoisotopic (exact) mass is 175 g/mol. The Labute approximate surface area is 73.2 Å². The van der Waals surface area contributed by atoms with Crippen LogP contribution in [0.2, 0.25) is 0 Å². The molecule has 0 N–H and O–H groups in total. The largest absolute Gasteiger partial charge is 0.391 e. The highest BCUT2D eigenvalue weighted by Gasteiger charge is 2.08. The first-order valence-electron chi connectivity index (χ1n) is 3.64. The van der Waals surface area contributed by atoms with Crippen LogP contribution in [0.3, 0.4) is 0 Å². The molecular formula is C8H5N3O2. The molecule has 0 atom stereocenters. The van der Waals surface area contributed by atoms with E-state index < -0.39 is 4.92 Å². The van der Waals surface area contributed by atoms with Crippen LogP contribution in [0.15, 0.2) is 30.3 Å². The van der Waals surface area contributed by atoms with E-state index in [-0.39, 0.29) is 5.82 Å². The highest BCUT2D eigenvalue weighted by Crippen LogP contribution is 2.14. The Balaban J connectivity index is 2.69. The summed E-state index contributed by atoms with van der Waals surface area (Å²) < 4.78 is 0. The van der Waals surface area contributed by atoms with Crippen LogP contribution in [0, 0.1) is 10.1 Å². The van der Waals surface area contributed by atoms with Crippen LogP contribution >= 0.6 is 0 Å². The fourth-order valence-corrected chi connectivity index (χ4v) is 1.06. The van der Waals surface area contributed by atoms with E-state index in [2.05, 4.69) is 10.2 Å². The van der Waals surface area contributed by atoms with E-state index in [0.29, 0.717) is 5.52 Å². The first-order chi connectivity index (χ1) is 6.27. The second-order valence-electron chi connectivity index (χ2n) is 2.52. The summed E-state index contributed by atoms with van der Waals surface area (Å²) in [6.45, 7) is 0. The van der Waals surface area contributed by atoms with Gasteiger partial charge in [0.2, 0.25) is 0 Å². The molecule has 5 heteroatoms. The molecule has 0 aliphatic rings. The number of rotatable bonds is 1. The molecule has 0 aliphatic carbocycles. The molecule has 2 rings (SSSR count). The number of benzene rings is 1. The van der Waals surface area contributed by atoms with Gasteiger partial charge in [-0.25, -0.2) is 0 Å². The van der Waals surface area contributed by atoms with Crippen molar-refractivity contribution in [1.82, 2.24) is 10.2 Å². The maximum atomic E-state index is 10.3. The summed E-state index contributed by atoms with van der Waals surface area (Å²) in [5.74, 6) is -0.223. The van der Waals surface area contributed by atoms with Crippen LogP contribution < -0.4 is 0 Å². The van der Waals surface area contributed by atoms with Crippen molar-refractivity contribution >= 4 is 16.7 Å². The Morgan fingerprint density at radius 3 is 2.77 bits per heavy atom. The van der Waals surface area contributed by atoms with Gasteiger partial charge < -0.3 is 10.1 Å². The number of fused-ring (bicyclic) bond motifs is 1. The maximum absolute atomic E-state index is 10.3. The van der Waals surface area contributed by atoms with E-state index in [1.165, 1.54) is 6.07 Å². The SMILES string of the molecule is O=[N+]([O-])c1cc2ccccc2nn1. The number of nitro groups is 1. The fourth-order valence-electron chi connectivity index (χ4n) is 1.06. The van der Waals surface area contributed by atoms with Crippen molar-refractivity contribution in [3.05, 3.63) is 40.4 Å². The molecule has 0 amide bonds. The fraction of sp³-hybridized carbons (Fsp3) is 0. The molecule has 0 saturated heterocycles. The molecule has 64 valence electrons. The predicted molar refractivity (Wildman–Crippen MR) is 46.2 cm³/mol. The van der Waals surface area contributed by atoms with Gasteiger partial charge in [0.1, 0.15) is 5.52 Å². The van der Waals surface area contributed by atoms with Gasteiger partial charge in [0.25, 0.3) is 0 Å². The smallest absolute Gasteiger partial charge is 0.358 e. The van der Waals surface area contributed by atoms with E-state index in [9.17, 15) is 10.1 Å². The molecule has 0 unspecified atom stereocenters. The van der Waals surface area contributed by atoms with Crippen molar-refractivity contribution in [2.75, 3.05) is 0 Å². The van der Waals surface area contributed by atoms with Crippen LogP contribution in [0.1, 0.15) is 0 Å². The van der Waals surface area contributed by atoms with Crippen molar-refractivity contribution < 1.29 is 4.92 Å². The number of hydrogen-bond donors (Lipinski definition) is 0. The highest BCUT2D eigenvalue weighted by atomic mass is 16.6. The number of nitrogens with zero attached hydrogens (tertiary/aromatic N) is 3. The third kappa shape index (κ3) is 1.31. The van der Waals surface area contributed by atoms with Crippen LogP contribution in [0.25, 0.3) is 10.9 Å². The van der Waals surface area contributed by atoms with Crippen LogP contribution in [0.4, 0.5) is 5.82 Å². The third-order valence-corrected chi connectivity index (χ3v) is 1.67. The molecule has 1 aromatic heterocycles. The Bertz CT molecular complexity index is 470. The van der Waals surface area contributed by atoms with Crippen molar-refractivity contribution in [3.8, 4) is 0 Å². The Morgan fingerprint density at radius 1 is 1.23 bits per heavy atom. The maximum Gasteiger partial charge on any atom is 0.391 e. The van der Waals surface area contributed by atoms with E-state index in [4.69, 9.17) is 0 Å². The van der Waals surface area contributed by atoms with Gasteiger partial charge in [-0.2, -0.15) is 0 Å². The summed E-state index contributed by atoms with van der Waals surface area (Å²) in [5, 5.41) is 18.2. The van der Waals surface area contributed by atoms with Crippen LogP contribution in [0.5, 0.6) is 0 Å². The average Bonchev–Trinajstić information content (AvgIpc) is 2.17. The summed E-state index contributed by atoms with van der Waals surface area (Å²) >= 11 is 0. The van der Waals surface area contributed by atoms with Gasteiger partial charge >= 0.3 is 5.82 Å². The number of hydrogen-bond acceptors (Lipinski definition) is 4. The zero-order chi connectivity index (χ0) is 9.26. The number of aromatic nitrogens is 2. The molecule has 0 radical (unpaired) electrons. The standard InChI is InChI=1S/C8H5N3O2/c12-11(13)8-5-6-3-1-2-4-7(6)9-10-8/h1-5H. The van der Waals surface area contributed by atoms with Crippen LogP contribution in [-0.4, -0.2) is 15.1 Å². The van der Waals surface area contributed by atoms with E-state index in [1.807, 2.05) is 6.07 Å². The lowest BCUT2D eigenvalue weighted by Gasteiger charge is -1.92. The van der Waals surface area contributed by atoms with Crippen molar-refractivity contribution in [1.29, 1.82) is 0 Å². The topological polar surface area (TPSA) is 68.9 Å². The Morgan fingerprint density at radius 2 is 2.00 bits per heavy atom. The normalized spacial score (nSPS) is 10.2. The molecule has 2 aromatic rings. The molecule has 0 bridgehead atoms. The highest BCUT2D eigenvalue weighted by molar-refractivity contribution is 5.78. The second kappa shape index (κ2) is 2.78. The van der Waals surface area contributed by atoms with Gasteiger partial charge in [0.15, 0.2) is 0 Å². The minimum Gasteiger partial charge on any atom is -0.358 e. The van der Waals surface area contributed by atoms with Crippen molar-refractivity contribution in [2.24, 2.45) is 0 Å². The Hall–Kier alpha value is -2.04. The molecule has 0 spiro atoms. The van der Waals surface area contributed by atoms with E-state index >= 15 is 0 Å². The lowest BCUT2D eigenvalue weighted by atomic mass is 10.2. The zero-order valence-electron chi connectivity index (χ0n) is 6.54. The molecule has 1 aromatic carbocycles. The van der Waals surface area contributed by atoms with Gasteiger partial charge in [-0.05, 0) is 16.1 Å². The summed E-state index contributed by atoms with van der Waals surface area (Å²) in [5.41, 5.74) is 0.660. The lowest BCUT2D eigenvalue weighted by molar-refractivity contribution is -0.390. The first kappa shape index (κ1) is 7.60. The first-order valence-corrected chi connectivity index (χ1v) is 3.64. The van der Waals surface area contributed by atoms with Gasteiger partial charge in [0.05, 0.1) is 5.10 Å². The van der Waals surface area contributed by atoms with E-state index in [0.717, 1.165) is 5.39 Å². The summed E-state index contributed by atoms with van der Waals surface area (Å²) in [7, 11) is 0. The quantitative estimate of drug-likeness (QED) is 0.487. The van der Waals surface area contributed by atoms with Gasteiger partial charge in [-0.15, -0.1) is 0 Å². The van der Waals surface area contributed by atoms with Crippen molar-refractivity contribution in [3.63, 3.8) is 0 Å². The predicted octanol–water partition coefficient (Wildman–Crippen LogP) is 1.54. The second-order valence-corrected chi connectivity index (χ2v) is 2.52. The molecule has 0 saturated carbocycles. The summed E-state index contributed by atoms with van der Waals surface area (Å²) in [4.78, 5) is 9.79. The third-order valence-electron chi connectivity index (χ3n) is 1.67. The Kier molecular flexibility index (Phi) is 1.63.